The largest absolute Gasteiger partial charge is 0.454 e. The van der Waals surface area contributed by atoms with Gasteiger partial charge in [-0.3, -0.25) is 19.0 Å². The van der Waals surface area contributed by atoms with E-state index in [0.29, 0.717) is 22.8 Å². The smallest absolute Gasteiger partial charge is 0.159 e. The number of fused-ring (bicyclic) bond motifs is 5. The maximum atomic E-state index is 10.00. The van der Waals surface area contributed by atoms with Gasteiger partial charge >= 0.3 is 0 Å². The van der Waals surface area contributed by atoms with Gasteiger partial charge < -0.3 is 8.98 Å². The third kappa shape index (κ3) is 6.22. The summed E-state index contributed by atoms with van der Waals surface area (Å²) in [5.74, 6) is 0.837. The average Bonchev–Trinajstić information content (AvgIpc) is 4.06. The van der Waals surface area contributed by atoms with E-state index in [9.17, 15) is 5.26 Å². The monoisotopic (exact) mass is 944 g/mol. The first kappa shape index (κ1) is 37.5. The molecule has 10 rings (SSSR count). The molecule has 0 spiro atoms. The number of benzene rings is 6. The number of aromatic nitrogens is 6. The topological polar surface area (TPSA) is 94.7 Å². The predicted octanol–water partition coefficient (Wildman–Crippen LogP) is 12.3. The maximum absolute atomic E-state index is 10.00. The van der Waals surface area contributed by atoms with Crippen molar-refractivity contribution in [3.8, 4) is 45.6 Å². The molecular weight excluding hydrogens is 909 g/mol. The summed E-state index contributed by atoms with van der Waals surface area (Å²) in [6.07, 6.45) is 5.54. The minimum atomic E-state index is 0. The van der Waals surface area contributed by atoms with Crippen molar-refractivity contribution in [1.82, 2.24) is 28.7 Å². The first-order valence-electron chi connectivity index (χ1n) is 19.2. The number of furan rings is 1. The van der Waals surface area contributed by atoms with Gasteiger partial charge in [0.15, 0.2) is 5.58 Å². The molecule has 4 aromatic heterocycles. The number of rotatable bonds is 7. The molecule has 4 heterocycles. The van der Waals surface area contributed by atoms with Crippen LogP contribution in [0.25, 0.3) is 88.4 Å². The molecule has 0 bridgehead atoms. The second kappa shape index (κ2) is 14.7. The number of imidazole rings is 3. The SMILES string of the molecule is [C-]#[N+]c1cc[c-]c(-c2nc(C#N)cn2-c2c(C(C)C)cc(-c3ccc4oc5c(-n6cnc7ccccc76)cc(-n6cnc7ccccc76)cc5c4c3)cc2C(C)C)c1.[Ir]. The van der Waals surface area contributed by atoms with Crippen LogP contribution < -0.4 is 0 Å². The summed E-state index contributed by atoms with van der Waals surface area (Å²) in [6, 6.07) is 42.3. The molecule has 9 nitrogen and oxygen atoms in total. The summed E-state index contributed by atoms with van der Waals surface area (Å²) < 4.78 is 13.0. The summed E-state index contributed by atoms with van der Waals surface area (Å²) in [5, 5.41) is 12.0. The van der Waals surface area contributed by atoms with Gasteiger partial charge in [-0.15, -0.1) is 23.8 Å². The van der Waals surface area contributed by atoms with Crippen molar-refractivity contribution >= 4 is 49.7 Å². The Morgan fingerprint density at radius 2 is 1.42 bits per heavy atom. The van der Waals surface area contributed by atoms with Crippen molar-refractivity contribution in [1.29, 1.82) is 5.26 Å². The molecule has 0 amide bonds. The molecule has 0 saturated carbocycles. The number of hydrogen-bond acceptors (Lipinski definition) is 5. The fourth-order valence-corrected chi connectivity index (χ4v) is 8.11. The third-order valence-electron chi connectivity index (χ3n) is 10.9. The Morgan fingerprint density at radius 3 is 2.10 bits per heavy atom. The number of para-hydroxylation sites is 4. The van der Waals surface area contributed by atoms with Gasteiger partial charge in [-0.05, 0) is 94.8 Å². The molecule has 0 aliphatic carbocycles. The van der Waals surface area contributed by atoms with Crippen molar-refractivity contribution in [2.45, 2.75) is 39.5 Å². The molecule has 0 atom stereocenters. The van der Waals surface area contributed by atoms with Crippen LogP contribution in [-0.2, 0) is 20.1 Å². The van der Waals surface area contributed by atoms with E-state index in [2.05, 4.69) is 108 Å². The molecule has 0 saturated heterocycles. The molecule has 10 heteroatoms. The predicted molar refractivity (Wildman–Crippen MR) is 229 cm³/mol. The normalized spacial score (nSPS) is 11.5. The minimum Gasteiger partial charge on any atom is -0.454 e. The van der Waals surface area contributed by atoms with Crippen LogP contribution in [0.1, 0.15) is 56.4 Å². The molecule has 0 aliphatic rings. The van der Waals surface area contributed by atoms with E-state index in [1.54, 1.807) is 24.4 Å². The second-order valence-corrected chi connectivity index (χ2v) is 15.2. The van der Waals surface area contributed by atoms with Crippen LogP contribution in [-0.4, -0.2) is 28.7 Å². The van der Waals surface area contributed by atoms with Gasteiger partial charge in [0.1, 0.15) is 35.7 Å². The quantitative estimate of drug-likeness (QED) is 0.148. The van der Waals surface area contributed by atoms with Gasteiger partial charge in [0.25, 0.3) is 0 Å². The summed E-state index contributed by atoms with van der Waals surface area (Å²) in [5.41, 5.74) is 14.0. The molecule has 0 unspecified atom stereocenters. The van der Waals surface area contributed by atoms with Crippen LogP contribution in [0, 0.1) is 24.0 Å². The minimum absolute atomic E-state index is 0. The summed E-state index contributed by atoms with van der Waals surface area (Å²) >= 11 is 0. The molecule has 0 N–H and O–H groups in total. The van der Waals surface area contributed by atoms with E-state index < -0.39 is 0 Å². The zero-order chi connectivity index (χ0) is 39.7. The Hall–Kier alpha value is -7.10. The first-order valence-corrected chi connectivity index (χ1v) is 19.2. The van der Waals surface area contributed by atoms with E-state index in [1.165, 1.54) is 0 Å². The Morgan fingerprint density at radius 1 is 0.746 bits per heavy atom. The molecule has 6 aromatic carbocycles. The van der Waals surface area contributed by atoms with Gasteiger partial charge in [0.05, 0.1) is 45.8 Å². The Balaban J connectivity index is 0.00000449. The van der Waals surface area contributed by atoms with Crippen LogP contribution in [0.15, 0.2) is 132 Å². The van der Waals surface area contributed by atoms with Crippen LogP contribution in [0.5, 0.6) is 0 Å². The van der Waals surface area contributed by atoms with E-state index in [-0.39, 0.29) is 31.9 Å². The molecule has 1 radical (unpaired) electrons. The number of nitriles is 1. The number of hydrogen-bond donors (Lipinski definition) is 0. The van der Waals surface area contributed by atoms with Gasteiger partial charge in [0.2, 0.25) is 0 Å². The van der Waals surface area contributed by atoms with Gasteiger partial charge in [-0.25, -0.2) is 9.97 Å². The van der Waals surface area contributed by atoms with Crippen LogP contribution in [0.4, 0.5) is 5.69 Å². The van der Waals surface area contributed by atoms with Crippen LogP contribution >= 0.6 is 0 Å². The van der Waals surface area contributed by atoms with Crippen LogP contribution in [0.2, 0.25) is 0 Å². The molecule has 10 aromatic rings. The van der Waals surface area contributed by atoms with E-state index in [0.717, 1.165) is 83.3 Å². The van der Waals surface area contributed by atoms with Gasteiger partial charge in [-0.1, -0.05) is 58.0 Å². The summed E-state index contributed by atoms with van der Waals surface area (Å²) in [7, 11) is 0. The van der Waals surface area contributed by atoms with Crippen molar-refractivity contribution in [3.05, 3.63) is 162 Å². The van der Waals surface area contributed by atoms with E-state index in [4.69, 9.17) is 25.9 Å². The standard InChI is InChI=1S/C49H35N8O.Ir/c1-29(2)37-21-33(22-38(30(3)4)47(37)55-26-35(25-50)54-49(55)32-11-10-12-34(19-32)51-5)31-17-18-46-39(20-31)40-23-36(56-27-52-41-13-6-8-15-43(41)56)24-45(48(40)58-46)57-28-53-42-14-7-9-16-44(42)57;/h6-10,12-24,26-30H,1-4H3;/q-1;. The summed E-state index contributed by atoms with van der Waals surface area (Å²) in [4.78, 5) is 17.8. The molecule has 59 heavy (non-hydrogen) atoms. The Labute approximate surface area is 354 Å². The first-order chi connectivity index (χ1) is 28.3. The third-order valence-corrected chi connectivity index (χ3v) is 10.9. The van der Waals surface area contributed by atoms with Crippen molar-refractivity contribution in [3.63, 3.8) is 0 Å². The fourth-order valence-electron chi connectivity index (χ4n) is 8.11. The Bertz CT molecular complexity index is 3320. The van der Waals surface area contributed by atoms with Crippen molar-refractivity contribution < 1.29 is 24.5 Å². The number of nitrogens with zero attached hydrogens (tertiary/aromatic N) is 8. The van der Waals surface area contributed by atoms with E-state index in [1.807, 2.05) is 53.6 Å². The van der Waals surface area contributed by atoms with Crippen molar-refractivity contribution in [2.75, 3.05) is 0 Å². The zero-order valence-corrected chi connectivity index (χ0v) is 35.0. The van der Waals surface area contributed by atoms with E-state index >= 15 is 0 Å². The molecular formula is C49H35IrN8O-. The maximum Gasteiger partial charge on any atom is 0.159 e. The van der Waals surface area contributed by atoms with Crippen molar-refractivity contribution in [2.24, 2.45) is 0 Å². The Kier molecular flexibility index (Phi) is 9.33. The second-order valence-electron chi connectivity index (χ2n) is 15.2. The van der Waals surface area contributed by atoms with Gasteiger partial charge in [-0.2, -0.15) is 11.3 Å². The molecule has 0 fully saturated rings. The van der Waals surface area contributed by atoms with Crippen LogP contribution in [0.3, 0.4) is 0 Å². The fraction of sp³-hybridized carbons (Fsp3) is 0.122. The molecule has 287 valence electrons. The zero-order valence-electron chi connectivity index (χ0n) is 32.6. The summed E-state index contributed by atoms with van der Waals surface area (Å²) in [6.45, 7) is 16.4. The molecule has 0 aliphatic heterocycles. The average molecular weight is 944 g/mol. The van der Waals surface area contributed by atoms with Gasteiger partial charge in [0, 0.05) is 42.8 Å².